The van der Waals surface area contributed by atoms with Gasteiger partial charge in [-0.15, -0.1) is 0 Å². The van der Waals surface area contributed by atoms with E-state index in [1.54, 1.807) is 23.1 Å². The number of pyridine rings is 1. The fourth-order valence-corrected chi connectivity index (χ4v) is 6.35. The highest BCUT2D eigenvalue weighted by Gasteiger charge is 2.45. The van der Waals surface area contributed by atoms with E-state index in [0.29, 0.717) is 24.2 Å². The minimum atomic E-state index is -0.521. The number of amides is 1. The molecule has 206 valence electrons. The van der Waals surface area contributed by atoms with Crippen LogP contribution in [0.15, 0.2) is 43.0 Å². The lowest BCUT2D eigenvalue weighted by atomic mass is 9.94. The van der Waals surface area contributed by atoms with Gasteiger partial charge >= 0.3 is 0 Å². The van der Waals surface area contributed by atoms with Crippen molar-refractivity contribution in [1.82, 2.24) is 25.0 Å². The Balaban J connectivity index is 1.17. The van der Waals surface area contributed by atoms with Gasteiger partial charge in [0.05, 0.1) is 54.8 Å². The summed E-state index contributed by atoms with van der Waals surface area (Å²) in [6, 6.07) is 7.38. The Kier molecular flexibility index (Phi) is 7.12. The molecule has 3 aromatic rings. The van der Waals surface area contributed by atoms with Gasteiger partial charge < -0.3 is 15.4 Å². The largest absolute Gasteiger partial charge is 0.381 e. The number of aromatic nitrogens is 3. The molecular weight excluding hydrogens is 495 g/mol. The number of rotatable bonds is 8. The Morgan fingerprint density at radius 3 is 2.59 bits per heavy atom. The number of fused-ring (bicyclic) bond motifs is 2. The van der Waals surface area contributed by atoms with Gasteiger partial charge in [0.25, 0.3) is 5.91 Å². The van der Waals surface area contributed by atoms with Crippen LogP contribution in [0.25, 0.3) is 16.8 Å². The molecular formula is C30H37FN6O2. The maximum atomic E-state index is 14.7. The zero-order chi connectivity index (χ0) is 27.1. The van der Waals surface area contributed by atoms with Gasteiger partial charge in [0.1, 0.15) is 5.82 Å². The summed E-state index contributed by atoms with van der Waals surface area (Å²) in [5.74, 6) is -0.925. The molecule has 3 fully saturated rings. The highest BCUT2D eigenvalue weighted by atomic mass is 19.1. The second-order valence-corrected chi connectivity index (χ2v) is 11.4. The van der Waals surface area contributed by atoms with E-state index < -0.39 is 11.7 Å². The minimum Gasteiger partial charge on any atom is -0.381 e. The van der Waals surface area contributed by atoms with Crippen molar-refractivity contribution >= 4 is 11.6 Å². The van der Waals surface area contributed by atoms with Crippen LogP contribution in [0.5, 0.6) is 0 Å². The van der Waals surface area contributed by atoms with Gasteiger partial charge in [0, 0.05) is 35.9 Å². The molecule has 0 saturated carbocycles. The Bertz CT molecular complexity index is 1340. The second-order valence-electron chi connectivity index (χ2n) is 11.4. The molecule has 3 unspecified atom stereocenters. The lowest BCUT2D eigenvalue weighted by molar-refractivity contribution is -0.0917. The summed E-state index contributed by atoms with van der Waals surface area (Å²) in [7, 11) is 0. The third kappa shape index (κ3) is 5.17. The number of halogens is 1. The molecule has 2 N–H and O–H groups in total. The van der Waals surface area contributed by atoms with Gasteiger partial charge in [-0.2, -0.15) is 5.10 Å². The molecule has 3 saturated heterocycles. The van der Waals surface area contributed by atoms with E-state index in [1.165, 1.54) is 18.9 Å². The molecule has 0 spiro atoms. The summed E-state index contributed by atoms with van der Waals surface area (Å²) in [6.45, 7) is 7.49. The maximum Gasteiger partial charge on any atom is 0.254 e. The normalized spacial score (nSPS) is 23.8. The van der Waals surface area contributed by atoms with Crippen molar-refractivity contribution in [1.29, 1.82) is 0 Å². The molecule has 8 nitrogen and oxygen atoms in total. The summed E-state index contributed by atoms with van der Waals surface area (Å²) in [5.41, 5.74) is 4.20. The number of carbonyl (C=O) groups is 1. The molecule has 6 rings (SSSR count). The average Bonchev–Trinajstić information content (AvgIpc) is 3.46. The first-order valence-electron chi connectivity index (χ1n) is 14.1. The molecule has 0 aliphatic carbocycles. The van der Waals surface area contributed by atoms with E-state index in [9.17, 15) is 9.18 Å². The second kappa shape index (κ2) is 10.7. The van der Waals surface area contributed by atoms with Gasteiger partial charge in [0.15, 0.2) is 0 Å². The van der Waals surface area contributed by atoms with Crippen LogP contribution in [0.4, 0.5) is 10.1 Å². The maximum absolute atomic E-state index is 14.7. The fourth-order valence-electron chi connectivity index (χ4n) is 6.35. The molecule has 2 aromatic heterocycles. The Morgan fingerprint density at radius 2 is 1.90 bits per heavy atom. The number of hydrogen-bond acceptors (Lipinski definition) is 6. The van der Waals surface area contributed by atoms with E-state index in [-0.39, 0.29) is 11.6 Å². The number of ether oxygens (including phenoxy) is 1. The number of piperidine rings is 1. The van der Waals surface area contributed by atoms with Crippen LogP contribution in [-0.2, 0) is 4.74 Å². The van der Waals surface area contributed by atoms with Crippen molar-refractivity contribution in [2.24, 2.45) is 0 Å². The highest BCUT2D eigenvalue weighted by molar-refractivity contribution is 5.96. The monoisotopic (exact) mass is 532 g/mol. The first-order valence-corrected chi connectivity index (χ1v) is 14.1. The first-order chi connectivity index (χ1) is 18.9. The van der Waals surface area contributed by atoms with Crippen molar-refractivity contribution in [2.75, 3.05) is 18.5 Å². The smallest absolute Gasteiger partial charge is 0.254 e. The van der Waals surface area contributed by atoms with Gasteiger partial charge in [-0.1, -0.05) is 6.92 Å². The van der Waals surface area contributed by atoms with Gasteiger partial charge in [0.2, 0.25) is 0 Å². The topological polar surface area (TPSA) is 84.3 Å². The summed E-state index contributed by atoms with van der Waals surface area (Å²) >= 11 is 0. The van der Waals surface area contributed by atoms with Crippen LogP contribution in [0, 0.1) is 12.7 Å². The van der Waals surface area contributed by atoms with Crippen LogP contribution in [0.2, 0.25) is 0 Å². The standard InChI is InChI=1S/C30H37FN6O2/c1-4-19(3)34-30(38)28-11-27(18(2)7-29(28)31)20-12-33-36(15-20)25-10-22(13-32-14-25)35-21-8-23-5-6-24(9-21)37(23)26-16-39-17-26/h7,10-15,19,21,23-24,26,35H,4-6,8-9,16-17H2,1-3H3,(H,34,38). The summed E-state index contributed by atoms with van der Waals surface area (Å²) in [5, 5.41) is 11.2. The average molecular weight is 533 g/mol. The van der Waals surface area contributed by atoms with Crippen LogP contribution in [-0.4, -0.2) is 69.0 Å². The highest BCUT2D eigenvalue weighted by Crippen LogP contribution is 2.39. The predicted octanol–water partition coefficient (Wildman–Crippen LogP) is 4.72. The minimum absolute atomic E-state index is 0.0298. The zero-order valence-electron chi connectivity index (χ0n) is 22.9. The number of anilines is 1. The third-order valence-electron chi connectivity index (χ3n) is 8.63. The number of carbonyl (C=O) groups excluding carboxylic acids is 1. The van der Waals surface area contributed by atoms with E-state index in [4.69, 9.17) is 4.74 Å². The Hall–Kier alpha value is -3.30. The molecule has 1 aromatic carbocycles. The predicted molar refractivity (Wildman–Crippen MR) is 149 cm³/mol. The van der Waals surface area contributed by atoms with E-state index in [2.05, 4.69) is 31.7 Å². The molecule has 3 aliphatic heterocycles. The quantitative estimate of drug-likeness (QED) is 0.437. The molecule has 9 heteroatoms. The lowest BCUT2D eigenvalue weighted by Crippen LogP contribution is -2.58. The van der Waals surface area contributed by atoms with Gasteiger partial charge in [-0.05, 0) is 75.3 Å². The number of hydrogen-bond donors (Lipinski definition) is 2. The molecule has 3 aliphatic rings. The molecule has 5 heterocycles. The lowest BCUT2D eigenvalue weighted by Gasteiger charge is -2.46. The Morgan fingerprint density at radius 1 is 1.13 bits per heavy atom. The van der Waals surface area contributed by atoms with Gasteiger partial charge in [-0.3, -0.25) is 14.7 Å². The van der Waals surface area contributed by atoms with E-state index >= 15 is 0 Å². The van der Waals surface area contributed by atoms with Crippen LogP contribution >= 0.6 is 0 Å². The molecule has 1 amide bonds. The van der Waals surface area contributed by atoms with Crippen molar-refractivity contribution in [3.63, 3.8) is 0 Å². The molecule has 0 radical (unpaired) electrons. The van der Waals surface area contributed by atoms with Crippen molar-refractivity contribution in [3.8, 4) is 16.8 Å². The zero-order valence-corrected chi connectivity index (χ0v) is 22.9. The van der Waals surface area contributed by atoms with Crippen molar-refractivity contribution < 1.29 is 13.9 Å². The van der Waals surface area contributed by atoms with Gasteiger partial charge in [-0.25, -0.2) is 9.07 Å². The molecule has 3 atom stereocenters. The first kappa shape index (κ1) is 26.0. The van der Waals surface area contributed by atoms with E-state index in [1.807, 2.05) is 33.2 Å². The van der Waals surface area contributed by atoms with Crippen LogP contribution in [0.3, 0.4) is 0 Å². The summed E-state index contributed by atoms with van der Waals surface area (Å²) < 4.78 is 21.9. The van der Waals surface area contributed by atoms with E-state index in [0.717, 1.165) is 60.5 Å². The van der Waals surface area contributed by atoms with Crippen LogP contribution < -0.4 is 10.6 Å². The molecule has 39 heavy (non-hydrogen) atoms. The summed E-state index contributed by atoms with van der Waals surface area (Å²) in [6.07, 6.45) is 12.9. The number of benzene rings is 1. The number of nitrogens with one attached hydrogen (secondary N) is 2. The fraction of sp³-hybridized carbons (Fsp3) is 0.500. The molecule has 2 bridgehead atoms. The number of aryl methyl sites for hydroxylation is 1. The van der Waals surface area contributed by atoms with Crippen LogP contribution in [0.1, 0.15) is 61.9 Å². The third-order valence-corrected chi connectivity index (χ3v) is 8.63. The van der Waals surface area contributed by atoms with Crippen molar-refractivity contribution in [3.05, 3.63) is 59.9 Å². The Labute approximate surface area is 228 Å². The summed E-state index contributed by atoms with van der Waals surface area (Å²) in [4.78, 5) is 19.9. The van der Waals surface area contributed by atoms with Crippen molar-refractivity contribution in [2.45, 2.75) is 83.1 Å². The SMILES string of the molecule is CCC(C)NC(=O)c1cc(-c2cnn(-c3cncc(NC4CC5CCC(C4)N5C4COC4)c3)c2)c(C)cc1F. The number of nitrogens with zero attached hydrogens (tertiary/aromatic N) is 4.